The highest BCUT2D eigenvalue weighted by Crippen LogP contribution is 2.23. The number of nitrogens with one attached hydrogen (secondary N) is 1. The molecular formula is C14H16ClNO2. The van der Waals surface area contributed by atoms with E-state index in [1.54, 1.807) is 12.1 Å². The van der Waals surface area contributed by atoms with Gasteiger partial charge < -0.3 is 10.4 Å². The topological polar surface area (TPSA) is 49.3 Å². The Morgan fingerprint density at radius 2 is 2.28 bits per heavy atom. The van der Waals surface area contributed by atoms with Crippen molar-refractivity contribution in [2.75, 3.05) is 11.9 Å². The van der Waals surface area contributed by atoms with Gasteiger partial charge in [0.15, 0.2) is 0 Å². The molecule has 0 bridgehead atoms. The van der Waals surface area contributed by atoms with Crippen molar-refractivity contribution in [1.82, 2.24) is 0 Å². The van der Waals surface area contributed by atoms with Crippen LogP contribution in [0.25, 0.3) is 0 Å². The van der Waals surface area contributed by atoms with Crippen molar-refractivity contribution >= 4 is 23.3 Å². The molecule has 0 unspecified atom stereocenters. The molecule has 1 aromatic rings. The summed E-state index contributed by atoms with van der Waals surface area (Å²) in [6.07, 6.45) is 6.83. The largest absolute Gasteiger partial charge is 0.478 e. The summed E-state index contributed by atoms with van der Waals surface area (Å²) in [5, 5.41) is 12.8. The first-order chi connectivity index (χ1) is 8.66. The summed E-state index contributed by atoms with van der Waals surface area (Å²) in [7, 11) is 0. The molecule has 0 atom stereocenters. The molecule has 1 aliphatic carbocycles. The lowest BCUT2D eigenvalue weighted by Gasteiger charge is -2.10. The highest BCUT2D eigenvalue weighted by atomic mass is 35.5. The molecule has 0 aliphatic heterocycles. The number of aromatic carboxylic acids is 1. The standard InChI is InChI=1S/C14H16ClNO2/c15-11-5-6-12(14(17)18)13(9-11)16-8-7-10-3-1-2-4-10/h3,5-6,9,16H,1-2,4,7-8H2,(H,17,18). The van der Waals surface area contributed by atoms with Crippen LogP contribution in [-0.2, 0) is 0 Å². The Hall–Kier alpha value is -1.48. The number of carboxylic acids is 1. The molecule has 0 radical (unpaired) electrons. The van der Waals surface area contributed by atoms with E-state index in [2.05, 4.69) is 11.4 Å². The molecule has 2 N–H and O–H groups in total. The zero-order valence-corrected chi connectivity index (χ0v) is 10.8. The molecule has 4 heteroatoms. The Labute approximate surface area is 111 Å². The van der Waals surface area contributed by atoms with E-state index in [0.29, 0.717) is 10.7 Å². The molecule has 2 rings (SSSR count). The third kappa shape index (κ3) is 3.26. The van der Waals surface area contributed by atoms with Gasteiger partial charge in [0.05, 0.1) is 11.3 Å². The predicted octanol–water partition coefficient (Wildman–Crippen LogP) is 3.95. The predicted molar refractivity (Wildman–Crippen MR) is 73.5 cm³/mol. The second-order valence-corrected chi connectivity index (χ2v) is 4.86. The Balaban J connectivity index is 1.99. The van der Waals surface area contributed by atoms with E-state index in [1.807, 2.05) is 0 Å². The molecule has 18 heavy (non-hydrogen) atoms. The molecular weight excluding hydrogens is 250 g/mol. The molecule has 3 nitrogen and oxygen atoms in total. The van der Waals surface area contributed by atoms with Crippen LogP contribution in [0.2, 0.25) is 5.02 Å². The molecule has 1 aromatic carbocycles. The number of hydrogen-bond acceptors (Lipinski definition) is 2. The van der Waals surface area contributed by atoms with Gasteiger partial charge in [-0.3, -0.25) is 0 Å². The summed E-state index contributed by atoms with van der Waals surface area (Å²) in [4.78, 5) is 11.1. The molecule has 96 valence electrons. The highest BCUT2D eigenvalue weighted by Gasteiger charge is 2.10. The zero-order valence-electron chi connectivity index (χ0n) is 10.1. The summed E-state index contributed by atoms with van der Waals surface area (Å²) >= 11 is 5.88. The van der Waals surface area contributed by atoms with Gasteiger partial charge in [-0.1, -0.05) is 23.3 Å². The van der Waals surface area contributed by atoms with Crippen LogP contribution in [-0.4, -0.2) is 17.6 Å². The Morgan fingerprint density at radius 1 is 1.44 bits per heavy atom. The average Bonchev–Trinajstić information content (AvgIpc) is 2.82. The number of carbonyl (C=O) groups is 1. The van der Waals surface area contributed by atoms with Crippen molar-refractivity contribution in [3.8, 4) is 0 Å². The average molecular weight is 266 g/mol. The number of rotatable bonds is 5. The molecule has 0 saturated carbocycles. The molecule has 0 heterocycles. The monoisotopic (exact) mass is 265 g/mol. The Kier molecular flexibility index (Phi) is 4.26. The van der Waals surface area contributed by atoms with Crippen LogP contribution in [0.15, 0.2) is 29.8 Å². The minimum atomic E-state index is -0.936. The fraction of sp³-hybridized carbons (Fsp3) is 0.357. The summed E-state index contributed by atoms with van der Waals surface area (Å²) in [5.41, 5.74) is 2.31. The number of allylic oxidation sites excluding steroid dienone is 1. The summed E-state index contributed by atoms with van der Waals surface area (Å²) in [6, 6.07) is 4.78. The van der Waals surface area contributed by atoms with Crippen LogP contribution in [0.1, 0.15) is 36.0 Å². The van der Waals surface area contributed by atoms with Crippen molar-refractivity contribution in [3.05, 3.63) is 40.4 Å². The second kappa shape index (κ2) is 5.91. The fourth-order valence-corrected chi connectivity index (χ4v) is 2.34. The van der Waals surface area contributed by atoms with Gasteiger partial charge in [0.1, 0.15) is 0 Å². The number of hydrogen-bond donors (Lipinski definition) is 2. The highest BCUT2D eigenvalue weighted by molar-refractivity contribution is 6.31. The molecule has 0 saturated heterocycles. The zero-order chi connectivity index (χ0) is 13.0. The van der Waals surface area contributed by atoms with Crippen LogP contribution >= 0.6 is 11.6 Å². The van der Waals surface area contributed by atoms with Gasteiger partial charge in [-0.2, -0.15) is 0 Å². The first-order valence-corrected chi connectivity index (χ1v) is 6.49. The summed E-state index contributed by atoms with van der Waals surface area (Å²) in [6.45, 7) is 0.743. The SMILES string of the molecule is O=C(O)c1ccc(Cl)cc1NCCC1=CCCC1. The molecule has 0 fully saturated rings. The normalized spacial score (nSPS) is 14.4. The maximum Gasteiger partial charge on any atom is 0.337 e. The third-order valence-corrected chi connectivity index (χ3v) is 3.34. The lowest BCUT2D eigenvalue weighted by Crippen LogP contribution is -2.08. The lowest BCUT2D eigenvalue weighted by molar-refractivity contribution is 0.0698. The first kappa shape index (κ1) is 13.0. The van der Waals surface area contributed by atoms with Crippen molar-refractivity contribution < 1.29 is 9.90 Å². The third-order valence-electron chi connectivity index (χ3n) is 3.11. The van der Waals surface area contributed by atoms with Gasteiger partial charge in [-0.05, 0) is 43.9 Å². The number of carboxylic acid groups (broad SMARTS) is 1. The van der Waals surface area contributed by atoms with Gasteiger partial charge in [-0.25, -0.2) is 4.79 Å². The van der Waals surface area contributed by atoms with E-state index in [4.69, 9.17) is 16.7 Å². The van der Waals surface area contributed by atoms with Gasteiger partial charge in [0.25, 0.3) is 0 Å². The minimum absolute atomic E-state index is 0.264. The van der Waals surface area contributed by atoms with E-state index in [0.717, 1.165) is 13.0 Å². The van der Waals surface area contributed by atoms with Crippen LogP contribution in [0.5, 0.6) is 0 Å². The quantitative estimate of drug-likeness (QED) is 0.793. The number of halogens is 1. The molecule has 1 aliphatic rings. The number of benzene rings is 1. The van der Waals surface area contributed by atoms with Crippen molar-refractivity contribution in [2.45, 2.75) is 25.7 Å². The maximum atomic E-state index is 11.1. The second-order valence-electron chi connectivity index (χ2n) is 4.43. The van der Waals surface area contributed by atoms with Crippen molar-refractivity contribution in [2.24, 2.45) is 0 Å². The Bertz CT molecular complexity index is 483. The lowest BCUT2D eigenvalue weighted by atomic mass is 10.1. The van der Waals surface area contributed by atoms with E-state index < -0.39 is 5.97 Å². The maximum absolute atomic E-state index is 11.1. The van der Waals surface area contributed by atoms with E-state index in [1.165, 1.54) is 30.9 Å². The molecule has 0 amide bonds. The number of anilines is 1. The van der Waals surface area contributed by atoms with E-state index >= 15 is 0 Å². The van der Waals surface area contributed by atoms with Gasteiger partial charge in [0.2, 0.25) is 0 Å². The van der Waals surface area contributed by atoms with E-state index in [9.17, 15) is 4.79 Å². The summed E-state index contributed by atoms with van der Waals surface area (Å²) < 4.78 is 0. The van der Waals surface area contributed by atoms with Crippen molar-refractivity contribution in [3.63, 3.8) is 0 Å². The van der Waals surface area contributed by atoms with Crippen LogP contribution in [0, 0.1) is 0 Å². The van der Waals surface area contributed by atoms with Gasteiger partial charge in [-0.15, -0.1) is 0 Å². The Morgan fingerprint density at radius 3 is 2.94 bits per heavy atom. The smallest absolute Gasteiger partial charge is 0.337 e. The van der Waals surface area contributed by atoms with Crippen LogP contribution in [0.4, 0.5) is 5.69 Å². The fourth-order valence-electron chi connectivity index (χ4n) is 2.17. The first-order valence-electron chi connectivity index (χ1n) is 6.11. The summed E-state index contributed by atoms with van der Waals surface area (Å²) in [5.74, 6) is -0.936. The van der Waals surface area contributed by atoms with Gasteiger partial charge >= 0.3 is 5.97 Å². The van der Waals surface area contributed by atoms with Crippen molar-refractivity contribution in [1.29, 1.82) is 0 Å². The molecule has 0 spiro atoms. The minimum Gasteiger partial charge on any atom is -0.478 e. The molecule has 0 aromatic heterocycles. The van der Waals surface area contributed by atoms with Crippen LogP contribution in [0.3, 0.4) is 0 Å². The van der Waals surface area contributed by atoms with E-state index in [-0.39, 0.29) is 5.56 Å². The van der Waals surface area contributed by atoms with Crippen LogP contribution < -0.4 is 5.32 Å². The van der Waals surface area contributed by atoms with Gasteiger partial charge in [0, 0.05) is 11.6 Å².